The predicted molar refractivity (Wildman–Crippen MR) is 70.3 cm³/mol. The fourth-order valence-corrected chi connectivity index (χ4v) is 0. The van der Waals surface area contributed by atoms with E-state index in [4.69, 9.17) is 38.4 Å². The van der Waals surface area contributed by atoms with Crippen LogP contribution in [0.15, 0.2) is 0 Å². The molecule has 0 radical (unpaired) electrons. The van der Waals surface area contributed by atoms with Gasteiger partial charge in [-0.15, -0.1) is 0 Å². The Balaban J connectivity index is -0.00000000762. The molecule has 0 saturated heterocycles. The molecule has 0 fully saturated rings. The van der Waals surface area contributed by atoms with E-state index < -0.39 is 16.9 Å². The van der Waals surface area contributed by atoms with E-state index in [1.165, 1.54) is 0 Å². The van der Waals surface area contributed by atoms with Crippen molar-refractivity contribution in [3.05, 3.63) is 0 Å². The van der Waals surface area contributed by atoms with E-state index in [0.29, 0.717) is 0 Å². The van der Waals surface area contributed by atoms with E-state index in [0.717, 1.165) is 0 Å². The number of hydrogen-bond acceptors (Lipinski definition) is 5. The Morgan fingerprint density at radius 2 is 0.867 bits per heavy atom. The van der Waals surface area contributed by atoms with Gasteiger partial charge in [0, 0.05) is 0 Å². The quantitative estimate of drug-likeness (QED) is 0.168. The molecule has 15 heteroatoms. The van der Waals surface area contributed by atoms with Crippen LogP contribution in [-0.2, 0) is 4.57 Å². The Labute approximate surface area is 138 Å². The molecule has 0 saturated carbocycles. The van der Waals surface area contributed by atoms with Crippen molar-refractivity contribution in [3.8, 4) is 0 Å². The summed E-state index contributed by atoms with van der Waals surface area (Å²) >= 11 is 0. The summed E-state index contributed by atoms with van der Waals surface area (Å²) in [7, 11) is -9.25. The van der Waals surface area contributed by atoms with Crippen molar-refractivity contribution in [1.29, 1.82) is 0 Å². The number of hydrogen-bond donors (Lipinski definition) is 7. The first-order valence-corrected chi connectivity index (χ1v) is 5.03. The average molecular weight is 328 g/mol. The normalized spacial score (nSPS) is 7.93. The van der Waals surface area contributed by atoms with Crippen molar-refractivity contribution >= 4 is 92.0 Å². The summed E-state index contributed by atoms with van der Waals surface area (Å²) in [5, 5.41) is 0. The van der Waals surface area contributed by atoms with Crippen LogP contribution in [0, 0.1) is 0 Å². The third-order valence-corrected chi connectivity index (χ3v) is 0. The van der Waals surface area contributed by atoms with Gasteiger partial charge in [0.25, 0.3) is 0 Å². The molecule has 0 aromatic heterocycles. The predicted octanol–water partition coefficient (Wildman–Crippen LogP) is -8.07. The van der Waals surface area contributed by atoms with Gasteiger partial charge in [-0.2, -0.15) is 0 Å². The van der Waals surface area contributed by atoms with Gasteiger partial charge in [0.15, 0.2) is 52.1 Å². The van der Waals surface area contributed by atoms with Gasteiger partial charge in [0.1, 0.15) is 0 Å². The molecule has 9 nitrogen and oxygen atoms in total. The zero-order valence-corrected chi connectivity index (χ0v) is 9.00. The summed E-state index contributed by atoms with van der Waals surface area (Å²) in [6, 6.07) is 0. The first kappa shape index (κ1) is 43.2. The largest absolute Gasteiger partial charge is 2.00 e. The molecule has 0 spiro atoms. The van der Waals surface area contributed by atoms with Gasteiger partial charge in [0.2, 0.25) is 0 Å². The SMILES string of the molecule is O.O=P(O)(O)O.O[Si](O)(O)O.[AlH3].[AlH3].[AlH3].[H-].[H-].[Mg+2]. The molecule has 0 bridgehead atoms. The first-order valence-electron chi connectivity index (χ1n) is 1.68. The Morgan fingerprint density at radius 1 is 0.867 bits per heavy atom. The average Bonchev–Trinajstić information content (AvgIpc) is 1.12. The van der Waals surface area contributed by atoms with Crippen LogP contribution < -0.4 is 0 Å². The van der Waals surface area contributed by atoms with E-state index >= 15 is 0 Å². The van der Waals surface area contributed by atoms with E-state index in [2.05, 4.69) is 0 Å². The molecule has 0 unspecified atom stereocenters. The zero-order chi connectivity index (χ0) is 9.00. The smallest absolute Gasteiger partial charge is 1.00 e. The number of phosphoric acid groups is 1. The second kappa shape index (κ2) is 18.8. The molecule has 15 heavy (non-hydrogen) atoms. The van der Waals surface area contributed by atoms with E-state index in [1.54, 1.807) is 0 Å². The molecular weight excluding hydrogens is 308 g/mol. The van der Waals surface area contributed by atoms with Gasteiger partial charge < -0.3 is 42.2 Å². The van der Waals surface area contributed by atoms with Crippen molar-refractivity contribution in [2.45, 2.75) is 0 Å². The summed E-state index contributed by atoms with van der Waals surface area (Å²) in [6.45, 7) is 0. The topological polar surface area (TPSA) is 190 Å². The van der Waals surface area contributed by atoms with Crippen molar-refractivity contribution < 1.29 is 46.8 Å². The van der Waals surface area contributed by atoms with Crippen LogP contribution in [0.4, 0.5) is 0 Å². The van der Waals surface area contributed by atoms with Gasteiger partial charge in [-0.05, 0) is 0 Å². The minimum Gasteiger partial charge on any atom is -1.00 e. The van der Waals surface area contributed by atoms with Gasteiger partial charge in [0.05, 0.1) is 0 Å². The maximum absolute atomic E-state index is 8.88. The monoisotopic (exact) mass is 328 g/mol. The third-order valence-electron chi connectivity index (χ3n) is 0. The van der Waals surface area contributed by atoms with Crippen LogP contribution in [0.3, 0.4) is 0 Å². The molecule has 0 aromatic rings. The Morgan fingerprint density at radius 3 is 0.867 bits per heavy atom. The van der Waals surface area contributed by atoms with Gasteiger partial charge in [-0.3, -0.25) is 0 Å². The zero-order valence-electron chi connectivity index (χ0n) is 7.69. The van der Waals surface area contributed by atoms with Crippen molar-refractivity contribution in [2.24, 2.45) is 0 Å². The van der Waals surface area contributed by atoms with Crippen molar-refractivity contribution in [2.75, 3.05) is 0 Å². The molecule has 0 heterocycles. The molecule has 0 atom stereocenters. The summed E-state index contributed by atoms with van der Waals surface area (Å²) in [6.07, 6.45) is 0. The fraction of sp³-hybridized carbons (Fsp3) is 0. The molecule has 9 N–H and O–H groups in total. The van der Waals surface area contributed by atoms with Crippen LogP contribution in [0.25, 0.3) is 0 Å². The van der Waals surface area contributed by atoms with Crippen LogP contribution in [-0.4, -0.2) is 124 Å². The minimum atomic E-state index is -4.64. The number of rotatable bonds is 0. The third kappa shape index (κ3) is 558. The van der Waals surface area contributed by atoms with Crippen molar-refractivity contribution in [3.63, 3.8) is 0 Å². The molecular formula is H20Al3MgO9PSi. The Hall–Kier alpha value is 2.49. The molecule has 0 amide bonds. The first-order chi connectivity index (χ1) is 4.00. The minimum absolute atomic E-state index is 0. The van der Waals surface area contributed by atoms with E-state index in [1.807, 2.05) is 0 Å². The summed E-state index contributed by atoms with van der Waals surface area (Å²) in [5.74, 6) is 0. The van der Waals surface area contributed by atoms with Crippen LogP contribution in [0.1, 0.15) is 2.85 Å². The second-order valence-electron chi connectivity index (χ2n) is 1.11. The van der Waals surface area contributed by atoms with Crippen molar-refractivity contribution in [1.82, 2.24) is 0 Å². The van der Waals surface area contributed by atoms with Gasteiger partial charge >= 0.3 is 39.9 Å². The van der Waals surface area contributed by atoms with E-state index in [9.17, 15) is 0 Å². The van der Waals surface area contributed by atoms with Crippen LogP contribution >= 0.6 is 7.82 Å². The summed E-state index contributed by atoms with van der Waals surface area (Å²) in [5.41, 5.74) is 0. The second-order valence-corrected chi connectivity index (χ2v) is 3.34. The molecule has 0 aliphatic rings. The summed E-state index contributed by atoms with van der Waals surface area (Å²) in [4.78, 5) is 50.9. The maximum Gasteiger partial charge on any atom is 2.00 e. The molecule has 0 rings (SSSR count). The standard InChI is InChI=1S/3Al.Mg.H3O4P.H4O4Si.H2O.11H/c;;;;2*1-5(2,3)4;;;;;;;;;;;;/h;;;;(H3,1,2,3,4);1-4H;1H2;;;;;;;;;;;/q;;;+2;;;;;;;;;;;;;2*-1. The molecule has 0 aliphatic carbocycles. The maximum atomic E-state index is 8.88. The van der Waals surface area contributed by atoms with Gasteiger partial charge in [-0.1, -0.05) is 0 Å². The van der Waals surface area contributed by atoms with Crippen LogP contribution in [0.2, 0.25) is 0 Å². The Kier molecular flexibility index (Phi) is 54.3. The molecule has 0 aliphatic heterocycles. The fourth-order valence-electron chi connectivity index (χ4n) is 0. The van der Waals surface area contributed by atoms with Gasteiger partial charge in [-0.25, -0.2) is 4.57 Å². The summed E-state index contributed by atoms with van der Waals surface area (Å²) < 4.78 is 8.88. The molecule has 0 aromatic carbocycles. The molecule has 94 valence electrons. The Bertz CT molecular complexity index is 126. The van der Waals surface area contributed by atoms with Crippen LogP contribution in [0.5, 0.6) is 0 Å². The van der Waals surface area contributed by atoms with E-state index in [-0.39, 0.29) is 83.5 Å².